The second kappa shape index (κ2) is 9.40. The van der Waals surface area contributed by atoms with E-state index in [2.05, 4.69) is 53.1 Å². The molecule has 1 saturated heterocycles. The van der Waals surface area contributed by atoms with Crippen LogP contribution in [0, 0.1) is 0 Å². The summed E-state index contributed by atoms with van der Waals surface area (Å²) >= 11 is 0. The number of ether oxygens (including phenoxy) is 1. The molecule has 0 bridgehead atoms. The van der Waals surface area contributed by atoms with Gasteiger partial charge >= 0.3 is 0 Å². The molecular weight excluding hydrogens is 466 g/mol. The quantitative estimate of drug-likeness (QED) is 0.310. The van der Waals surface area contributed by atoms with E-state index in [1.54, 1.807) is 0 Å². The average Bonchev–Trinajstić information content (AvgIpc) is 3.56. The molecule has 3 aromatic heterocycles. The summed E-state index contributed by atoms with van der Waals surface area (Å²) < 4.78 is 7.44. The van der Waals surface area contributed by atoms with Crippen LogP contribution in [0.3, 0.4) is 0 Å². The molecular formula is C28H31N7O2. The molecule has 0 radical (unpaired) electrons. The van der Waals surface area contributed by atoms with Crippen molar-refractivity contribution in [3.05, 3.63) is 70.8 Å². The smallest absolute Gasteiger partial charge is 0.261 e. The number of nitrogens with zero attached hydrogens (tertiary/aromatic N) is 4. The van der Waals surface area contributed by atoms with Crippen molar-refractivity contribution in [3.8, 4) is 11.4 Å². The Hall–Kier alpha value is -4.11. The molecule has 2 aromatic carbocycles. The van der Waals surface area contributed by atoms with Crippen LogP contribution in [0.2, 0.25) is 0 Å². The highest BCUT2D eigenvalue weighted by molar-refractivity contribution is 5.99. The van der Waals surface area contributed by atoms with E-state index in [1.807, 2.05) is 47.3 Å². The Bertz CT molecular complexity index is 1620. The van der Waals surface area contributed by atoms with Gasteiger partial charge in [-0.3, -0.25) is 9.48 Å². The lowest BCUT2D eigenvalue weighted by molar-refractivity contribution is 0.122. The van der Waals surface area contributed by atoms with E-state index in [-0.39, 0.29) is 17.6 Å². The Balaban J connectivity index is 1.44. The molecule has 1 atom stereocenters. The first kappa shape index (κ1) is 23.3. The molecule has 0 aliphatic carbocycles. The van der Waals surface area contributed by atoms with Crippen LogP contribution in [-0.2, 0) is 4.74 Å². The summed E-state index contributed by atoms with van der Waals surface area (Å²) in [7, 11) is 0. The Morgan fingerprint density at radius 1 is 1.00 bits per heavy atom. The first-order valence-electron chi connectivity index (χ1n) is 12.8. The average molecular weight is 498 g/mol. The maximum atomic E-state index is 13.5. The minimum absolute atomic E-state index is 0.124. The number of benzene rings is 2. The van der Waals surface area contributed by atoms with Crippen molar-refractivity contribution in [1.29, 1.82) is 0 Å². The lowest BCUT2D eigenvalue weighted by atomic mass is 10.1. The second-order valence-corrected chi connectivity index (χ2v) is 9.82. The Morgan fingerprint density at radius 3 is 2.59 bits per heavy atom. The Morgan fingerprint density at radius 2 is 1.81 bits per heavy atom. The summed E-state index contributed by atoms with van der Waals surface area (Å²) in [6.45, 7) is 9.42. The number of imidazole rings is 1. The molecule has 1 aliphatic rings. The van der Waals surface area contributed by atoms with E-state index in [0.29, 0.717) is 11.4 Å². The summed E-state index contributed by atoms with van der Waals surface area (Å²) in [6, 6.07) is 16.2. The summed E-state index contributed by atoms with van der Waals surface area (Å²) in [4.78, 5) is 27.0. The van der Waals surface area contributed by atoms with Gasteiger partial charge in [0.25, 0.3) is 5.56 Å². The van der Waals surface area contributed by atoms with Crippen molar-refractivity contribution in [2.24, 2.45) is 0 Å². The van der Waals surface area contributed by atoms with E-state index in [0.717, 1.165) is 65.3 Å². The number of hydrogen-bond donors (Lipinski definition) is 3. The number of pyridine rings is 1. The molecule has 0 amide bonds. The predicted octanol–water partition coefficient (Wildman–Crippen LogP) is 4.86. The fourth-order valence-corrected chi connectivity index (χ4v) is 4.91. The third kappa shape index (κ3) is 4.35. The summed E-state index contributed by atoms with van der Waals surface area (Å²) in [5.41, 5.74) is 5.51. The molecule has 0 unspecified atom stereocenters. The molecule has 5 aromatic rings. The lowest BCUT2D eigenvalue weighted by Crippen LogP contribution is -2.36. The number of aromatic nitrogens is 5. The number of fused-ring (bicyclic) bond motifs is 2. The molecule has 3 N–H and O–H groups in total. The third-order valence-electron chi connectivity index (χ3n) is 6.96. The maximum absolute atomic E-state index is 13.5. The highest BCUT2D eigenvalue weighted by Crippen LogP contribution is 2.34. The van der Waals surface area contributed by atoms with Crippen molar-refractivity contribution in [2.45, 2.75) is 32.9 Å². The van der Waals surface area contributed by atoms with Crippen molar-refractivity contribution in [2.75, 3.05) is 36.5 Å². The summed E-state index contributed by atoms with van der Waals surface area (Å²) in [6.07, 6.45) is 1.99. The van der Waals surface area contributed by atoms with Crippen molar-refractivity contribution in [3.63, 3.8) is 0 Å². The van der Waals surface area contributed by atoms with Crippen LogP contribution in [0.5, 0.6) is 0 Å². The van der Waals surface area contributed by atoms with Gasteiger partial charge in [-0.1, -0.05) is 18.2 Å². The monoisotopic (exact) mass is 497 g/mol. The Kier molecular flexibility index (Phi) is 5.92. The fourth-order valence-electron chi connectivity index (χ4n) is 4.91. The van der Waals surface area contributed by atoms with Gasteiger partial charge in [0.1, 0.15) is 11.4 Å². The molecule has 9 heteroatoms. The molecule has 1 aliphatic heterocycles. The number of hydrogen-bond acceptors (Lipinski definition) is 6. The van der Waals surface area contributed by atoms with Gasteiger partial charge in [-0.05, 0) is 51.1 Å². The molecule has 0 saturated carbocycles. The van der Waals surface area contributed by atoms with Gasteiger partial charge in [0.15, 0.2) is 0 Å². The van der Waals surface area contributed by atoms with Gasteiger partial charge < -0.3 is 24.9 Å². The van der Waals surface area contributed by atoms with Crippen LogP contribution in [0.15, 0.2) is 59.5 Å². The minimum atomic E-state index is -0.200. The molecule has 9 nitrogen and oxygen atoms in total. The second-order valence-electron chi connectivity index (χ2n) is 9.82. The van der Waals surface area contributed by atoms with Gasteiger partial charge in [-0.2, -0.15) is 5.10 Å². The number of morpholine rings is 1. The number of nitrogens with one attached hydrogen (secondary N) is 3. The first-order valence-corrected chi connectivity index (χ1v) is 12.8. The third-order valence-corrected chi connectivity index (χ3v) is 6.96. The van der Waals surface area contributed by atoms with Crippen LogP contribution in [0.4, 0.5) is 11.4 Å². The molecule has 190 valence electrons. The molecule has 6 rings (SSSR count). The summed E-state index contributed by atoms with van der Waals surface area (Å²) in [5.74, 6) is 0.531. The van der Waals surface area contributed by atoms with Crippen LogP contribution >= 0.6 is 0 Å². The normalized spacial score (nSPS) is 15.1. The number of para-hydroxylation sites is 1. The molecule has 4 heterocycles. The van der Waals surface area contributed by atoms with E-state index >= 15 is 0 Å². The van der Waals surface area contributed by atoms with Gasteiger partial charge in [-0.25, -0.2) is 4.98 Å². The highest BCUT2D eigenvalue weighted by Gasteiger charge is 2.21. The van der Waals surface area contributed by atoms with Crippen molar-refractivity contribution >= 4 is 33.3 Å². The van der Waals surface area contributed by atoms with Crippen LogP contribution in [0.1, 0.15) is 38.5 Å². The van der Waals surface area contributed by atoms with Crippen LogP contribution in [0.25, 0.3) is 33.3 Å². The predicted molar refractivity (Wildman–Crippen MR) is 147 cm³/mol. The zero-order valence-corrected chi connectivity index (χ0v) is 21.3. The standard InChI is InChI=1S/C28H31N7O2/c1-17(2)35-11-10-21(33-35)18(3)29-26-20-6-4-5-7-22(20)32-28(36)25(26)27-30-23-9-8-19(16-24(23)31-27)34-12-14-37-15-13-34/h4-11,16-18H,12-15H2,1-3H3,(H,30,31)(H2,29,32,36)/t18-/m1/s1. The van der Waals surface area contributed by atoms with Crippen molar-refractivity contribution in [1.82, 2.24) is 24.7 Å². The number of H-pyrrole nitrogens is 2. The topological polar surface area (TPSA) is 104 Å². The zero-order chi connectivity index (χ0) is 25.5. The molecule has 1 fully saturated rings. The van der Waals surface area contributed by atoms with Gasteiger partial charge in [0, 0.05) is 36.4 Å². The number of rotatable bonds is 6. The Labute approximate surface area is 214 Å². The maximum Gasteiger partial charge on any atom is 0.261 e. The summed E-state index contributed by atoms with van der Waals surface area (Å²) in [5, 5.41) is 9.24. The number of aromatic amines is 2. The zero-order valence-electron chi connectivity index (χ0n) is 21.3. The van der Waals surface area contributed by atoms with Crippen LogP contribution < -0.4 is 15.8 Å². The molecule has 37 heavy (non-hydrogen) atoms. The molecule has 0 spiro atoms. The SMILES string of the molecule is CC(C)n1ccc([C@@H](C)Nc2c(-c3nc4ccc(N5CCOCC5)cc4[nH]3)c(=O)[nH]c3ccccc23)n1. The largest absolute Gasteiger partial charge is 0.378 e. The lowest BCUT2D eigenvalue weighted by Gasteiger charge is -2.28. The minimum Gasteiger partial charge on any atom is -0.378 e. The van der Waals surface area contributed by atoms with Crippen molar-refractivity contribution < 1.29 is 4.74 Å². The first-order chi connectivity index (χ1) is 18.0. The van der Waals surface area contributed by atoms with Gasteiger partial charge in [0.05, 0.1) is 47.2 Å². The van der Waals surface area contributed by atoms with E-state index in [4.69, 9.17) is 14.8 Å². The van der Waals surface area contributed by atoms with E-state index < -0.39 is 0 Å². The van der Waals surface area contributed by atoms with Gasteiger partial charge in [0.2, 0.25) is 0 Å². The fraction of sp³-hybridized carbons (Fsp3) is 0.321. The van der Waals surface area contributed by atoms with Gasteiger partial charge in [-0.15, -0.1) is 0 Å². The highest BCUT2D eigenvalue weighted by atomic mass is 16.5. The van der Waals surface area contributed by atoms with E-state index in [1.165, 1.54) is 0 Å². The van der Waals surface area contributed by atoms with Crippen LogP contribution in [-0.4, -0.2) is 51.0 Å². The number of anilines is 2. The van der Waals surface area contributed by atoms with E-state index in [9.17, 15) is 4.79 Å².